The van der Waals surface area contributed by atoms with Crippen LogP contribution in [0.5, 0.6) is 11.5 Å². The Labute approximate surface area is 125 Å². The Balaban J connectivity index is 2.19. The molecule has 110 valence electrons. The van der Waals surface area contributed by atoms with Crippen molar-refractivity contribution < 1.29 is 9.84 Å². The highest BCUT2D eigenvalue weighted by Gasteiger charge is 2.05. The molecule has 0 fully saturated rings. The van der Waals surface area contributed by atoms with Crippen LogP contribution in [-0.2, 0) is 0 Å². The molecule has 1 N–H and O–H groups in total. The van der Waals surface area contributed by atoms with Gasteiger partial charge in [-0.1, -0.05) is 6.07 Å². The van der Waals surface area contributed by atoms with Crippen LogP contribution in [0, 0.1) is 0 Å². The second kappa shape index (κ2) is 6.79. The van der Waals surface area contributed by atoms with E-state index in [1.807, 2.05) is 56.3 Å². The molecule has 0 spiro atoms. The molecule has 0 saturated carbocycles. The van der Waals surface area contributed by atoms with Gasteiger partial charge in [0.05, 0.1) is 12.3 Å². The molecular weight excluding hydrogens is 264 g/mol. The minimum atomic E-state index is 0.119. The van der Waals surface area contributed by atoms with Crippen molar-refractivity contribution in [2.45, 2.75) is 6.92 Å². The Hall–Kier alpha value is -2.49. The molecule has 0 atom stereocenters. The number of aromatic hydroxyl groups is 1. The molecular formula is C17H20N2O2. The van der Waals surface area contributed by atoms with Gasteiger partial charge in [-0.2, -0.15) is 0 Å². The summed E-state index contributed by atoms with van der Waals surface area (Å²) in [6.45, 7) is 2.40. The van der Waals surface area contributed by atoms with Crippen molar-refractivity contribution in [2.24, 2.45) is 4.99 Å². The van der Waals surface area contributed by atoms with Crippen LogP contribution in [0.2, 0.25) is 0 Å². The summed E-state index contributed by atoms with van der Waals surface area (Å²) in [6.07, 6.45) is 1.64. The fourth-order valence-corrected chi connectivity index (χ4v) is 1.90. The first-order chi connectivity index (χ1) is 10.1. The first-order valence-corrected chi connectivity index (χ1v) is 6.88. The van der Waals surface area contributed by atoms with Crippen molar-refractivity contribution in [3.8, 4) is 11.5 Å². The molecule has 21 heavy (non-hydrogen) atoms. The number of phenols is 1. The van der Waals surface area contributed by atoms with Gasteiger partial charge >= 0.3 is 0 Å². The lowest BCUT2D eigenvalue weighted by atomic mass is 10.2. The molecule has 0 amide bonds. The molecule has 0 bridgehead atoms. The first-order valence-electron chi connectivity index (χ1n) is 6.88. The lowest BCUT2D eigenvalue weighted by Crippen LogP contribution is -2.07. The second-order valence-electron chi connectivity index (χ2n) is 4.80. The topological polar surface area (TPSA) is 45.1 Å². The van der Waals surface area contributed by atoms with Crippen molar-refractivity contribution in [2.75, 3.05) is 25.6 Å². The van der Waals surface area contributed by atoms with Gasteiger partial charge < -0.3 is 14.7 Å². The average Bonchev–Trinajstić information content (AvgIpc) is 2.49. The van der Waals surface area contributed by atoms with Gasteiger partial charge in [0.15, 0.2) is 11.5 Å². The van der Waals surface area contributed by atoms with Gasteiger partial charge in [0.1, 0.15) is 0 Å². The number of phenolic OH excluding ortho intramolecular Hbond substituents is 1. The molecule has 0 heterocycles. The Kier molecular flexibility index (Phi) is 4.82. The van der Waals surface area contributed by atoms with E-state index in [0.717, 1.165) is 11.4 Å². The molecule has 0 radical (unpaired) electrons. The maximum Gasteiger partial charge on any atom is 0.166 e. The highest BCUT2D eigenvalue weighted by molar-refractivity contribution is 5.86. The van der Waals surface area contributed by atoms with Gasteiger partial charge in [-0.05, 0) is 43.3 Å². The molecule has 2 aromatic carbocycles. The number of para-hydroxylation sites is 1. The number of benzene rings is 2. The number of hydrogen-bond donors (Lipinski definition) is 1. The van der Waals surface area contributed by atoms with Crippen molar-refractivity contribution in [1.29, 1.82) is 0 Å². The van der Waals surface area contributed by atoms with E-state index in [2.05, 4.69) is 4.99 Å². The van der Waals surface area contributed by atoms with E-state index in [1.54, 1.807) is 18.3 Å². The van der Waals surface area contributed by atoms with Crippen molar-refractivity contribution >= 4 is 17.6 Å². The van der Waals surface area contributed by atoms with E-state index in [9.17, 15) is 5.11 Å². The lowest BCUT2D eigenvalue weighted by Gasteiger charge is -2.11. The Morgan fingerprint density at radius 3 is 2.48 bits per heavy atom. The third-order valence-electron chi connectivity index (χ3n) is 3.05. The third-order valence-corrected chi connectivity index (χ3v) is 3.05. The second-order valence-corrected chi connectivity index (χ2v) is 4.80. The van der Waals surface area contributed by atoms with Crippen LogP contribution in [0.15, 0.2) is 47.5 Å². The van der Waals surface area contributed by atoms with Gasteiger partial charge in [-0.15, -0.1) is 0 Å². The maximum absolute atomic E-state index is 10.1. The van der Waals surface area contributed by atoms with Gasteiger partial charge in [-0.3, -0.25) is 4.99 Å². The van der Waals surface area contributed by atoms with E-state index >= 15 is 0 Å². The van der Waals surface area contributed by atoms with Crippen molar-refractivity contribution in [3.63, 3.8) is 0 Å². The number of nitrogens with zero attached hydrogens (tertiary/aromatic N) is 2. The van der Waals surface area contributed by atoms with Crippen molar-refractivity contribution in [1.82, 2.24) is 0 Å². The fourth-order valence-electron chi connectivity index (χ4n) is 1.90. The average molecular weight is 284 g/mol. The maximum atomic E-state index is 10.1. The summed E-state index contributed by atoms with van der Waals surface area (Å²) in [4.78, 5) is 6.41. The van der Waals surface area contributed by atoms with Crippen LogP contribution in [0.1, 0.15) is 12.5 Å². The summed E-state index contributed by atoms with van der Waals surface area (Å²) in [5.74, 6) is 0.595. The molecule has 0 aliphatic carbocycles. The summed E-state index contributed by atoms with van der Waals surface area (Å²) in [7, 11) is 3.99. The van der Waals surface area contributed by atoms with Crippen LogP contribution in [-0.4, -0.2) is 32.0 Å². The molecule has 4 nitrogen and oxygen atoms in total. The van der Waals surface area contributed by atoms with E-state index in [1.165, 1.54) is 0 Å². The number of rotatable bonds is 5. The number of anilines is 1. The molecule has 0 saturated heterocycles. The SMILES string of the molecule is CCOc1cccc(C=Nc2ccc(N(C)C)cc2)c1O. The largest absolute Gasteiger partial charge is 0.504 e. The van der Waals surface area contributed by atoms with Gasteiger partial charge in [-0.25, -0.2) is 0 Å². The summed E-state index contributed by atoms with van der Waals surface area (Å²) in [6, 6.07) is 13.3. The van der Waals surface area contributed by atoms with Crippen LogP contribution >= 0.6 is 0 Å². The predicted molar refractivity (Wildman–Crippen MR) is 87.3 cm³/mol. The van der Waals surface area contributed by atoms with Crippen LogP contribution in [0.25, 0.3) is 0 Å². The van der Waals surface area contributed by atoms with Crippen LogP contribution < -0.4 is 9.64 Å². The van der Waals surface area contributed by atoms with Gasteiger partial charge in [0.25, 0.3) is 0 Å². The number of hydrogen-bond acceptors (Lipinski definition) is 4. The van der Waals surface area contributed by atoms with E-state index in [0.29, 0.717) is 17.9 Å². The molecule has 0 aliphatic heterocycles. The molecule has 4 heteroatoms. The molecule has 0 aromatic heterocycles. The minimum absolute atomic E-state index is 0.119. The zero-order valence-corrected chi connectivity index (χ0v) is 12.6. The zero-order valence-electron chi connectivity index (χ0n) is 12.6. The van der Waals surface area contributed by atoms with E-state index in [4.69, 9.17) is 4.74 Å². The normalized spacial score (nSPS) is 10.8. The molecule has 2 rings (SSSR count). The lowest BCUT2D eigenvalue weighted by molar-refractivity contribution is 0.318. The Morgan fingerprint density at radius 2 is 1.86 bits per heavy atom. The smallest absolute Gasteiger partial charge is 0.166 e. The predicted octanol–water partition coefficient (Wildman–Crippen LogP) is 3.61. The standard InChI is InChI=1S/C17H20N2O2/c1-4-21-16-7-5-6-13(17(16)20)12-18-14-8-10-15(11-9-14)19(2)3/h5-12,20H,4H2,1-3H3. The Morgan fingerprint density at radius 1 is 1.14 bits per heavy atom. The molecule has 2 aromatic rings. The Bertz CT molecular complexity index is 619. The van der Waals surface area contributed by atoms with Crippen LogP contribution in [0.3, 0.4) is 0 Å². The fraction of sp³-hybridized carbons (Fsp3) is 0.235. The highest BCUT2D eigenvalue weighted by Crippen LogP contribution is 2.29. The minimum Gasteiger partial charge on any atom is -0.504 e. The van der Waals surface area contributed by atoms with Crippen LogP contribution in [0.4, 0.5) is 11.4 Å². The summed E-state index contributed by atoms with van der Waals surface area (Å²) >= 11 is 0. The first kappa shape index (κ1) is 14.9. The van der Waals surface area contributed by atoms with Crippen molar-refractivity contribution in [3.05, 3.63) is 48.0 Å². The monoisotopic (exact) mass is 284 g/mol. The zero-order chi connectivity index (χ0) is 15.2. The van der Waals surface area contributed by atoms with E-state index in [-0.39, 0.29) is 5.75 Å². The number of ether oxygens (including phenoxy) is 1. The van der Waals surface area contributed by atoms with Gasteiger partial charge in [0.2, 0.25) is 0 Å². The van der Waals surface area contributed by atoms with E-state index < -0.39 is 0 Å². The molecule has 0 unspecified atom stereocenters. The van der Waals surface area contributed by atoms with Gasteiger partial charge in [0, 0.05) is 31.6 Å². The molecule has 0 aliphatic rings. The summed E-state index contributed by atoms with van der Waals surface area (Å²) < 4.78 is 5.35. The summed E-state index contributed by atoms with van der Waals surface area (Å²) in [5.41, 5.74) is 2.59. The summed E-state index contributed by atoms with van der Waals surface area (Å²) in [5, 5.41) is 10.1. The number of aliphatic imine (C=N–C) groups is 1. The third kappa shape index (κ3) is 3.75. The quantitative estimate of drug-likeness (QED) is 0.853. The highest BCUT2D eigenvalue weighted by atomic mass is 16.5.